The maximum Gasteiger partial charge on any atom is 0.164 e. The number of furan rings is 1. The van der Waals surface area contributed by atoms with Crippen LogP contribution >= 0.6 is 0 Å². The minimum Gasteiger partial charge on any atom is -0.457 e. The van der Waals surface area contributed by atoms with Gasteiger partial charge in [0.2, 0.25) is 0 Å². The fourth-order valence-corrected chi connectivity index (χ4v) is 8.20. The second kappa shape index (κ2) is 10.6. The summed E-state index contributed by atoms with van der Waals surface area (Å²) >= 11 is 0. The van der Waals surface area contributed by atoms with Gasteiger partial charge in [0, 0.05) is 38.6 Å². The molecule has 3 heterocycles. The molecule has 0 unspecified atom stereocenters. The van der Waals surface area contributed by atoms with E-state index in [1.165, 1.54) is 5.56 Å². The molecule has 0 fully saturated rings. The van der Waals surface area contributed by atoms with Crippen molar-refractivity contribution in [2.75, 3.05) is 0 Å². The highest BCUT2D eigenvalue weighted by molar-refractivity contribution is 6.08. The fraction of sp³-hybridized carbons (Fsp3) is 0.0217. The largest absolute Gasteiger partial charge is 0.457 e. The van der Waals surface area contributed by atoms with Crippen molar-refractivity contribution in [3.8, 4) is 56.8 Å². The van der Waals surface area contributed by atoms with Crippen molar-refractivity contribution < 1.29 is 9.15 Å². The second-order valence-corrected chi connectivity index (χ2v) is 13.1. The Bertz CT molecular complexity index is 2740. The summed E-state index contributed by atoms with van der Waals surface area (Å²) < 4.78 is 13.1. The topological polar surface area (TPSA) is 61.0 Å². The maximum absolute atomic E-state index is 6.58. The summed E-state index contributed by atoms with van der Waals surface area (Å²) in [5.74, 6) is 3.59. The molecule has 238 valence electrons. The minimum absolute atomic E-state index is 0.621. The molecule has 2 aromatic heterocycles. The Kier molecular flexibility index (Phi) is 5.81. The number of hydrogen-bond acceptors (Lipinski definition) is 5. The summed E-state index contributed by atoms with van der Waals surface area (Å²) in [6.45, 7) is 0. The van der Waals surface area contributed by atoms with Crippen molar-refractivity contribution >= 4 is 21.9 Å². The Morgan fingerprint density at radius 3 is 1.59 bits per heavy atom. The zero-order valence-electron chi connectivity index (χ0n) is 27.2. The number of para-hydroxylation sites is 3. The van der Waals surface area contributed by atoms with Crippen LogP contribution in [-0.2, 0) is 5.41 Å². The van der Waals surface area contributed by atoms with Gasteiger partial charge in [0.05, 0.1) is 5.41 Å². The molecule has 0 saturated heterocycles. The Labute approximate surface area is 293 Å². The summed E-state index contributed by atoms with van der Waals surface area (Å²) in [6, 6.07) is 56.5. The molecule has 5 heteroatoms. The molecular formula is C46H27N3O2. The summed E-state index contributed by atoms with van der Waals surface area (Å²) in [5, 5.41) is 2.18. The second-order valence-electron chi connectivity index (χ2n) is 13.1. The highest BCUT2D eigenvalue weighted by Gasteiger charge is 2.51. The maximum atomic E-state index is 6.58. The molecule has 0 atom stereocenters. The first kappa shape index (κ1) is 28.0. The number of hydrogen-bond donors (Lipinski definition) is 0. The highest BCUT2D eigenvalue weighted by atomic mass is 16.5. The smallest absolute Gasteiger partial charge is 0.164 e. The molecule has 1 aliphatic carbocycles. The molecule has 0 bridgehead atoms. The van der Waals surface area contributed by atoms with Gasteiger partial charge in [-0.25, -0.2) is 15.0 Å². The lowest BCUT2D eigenvalue weighted by Gasteiger charge is -2.39. The minimum atomic E-state index is -0.634. The van der Waals surface area contributed by atoms with Crippen molar-refractivity contribution in [3.05, 3.63) is 186 Å². The molecule has 1 spiro atoms. The van der Waals surface area contributed by atoms with E-state index in [2.05, 4.69) is 78.9 Å². The highest BCUT2D eigenvalue weighted by Crippen LogP contribution is 2.63. The number of aromatic nitrogens is 3. The van der Waals surface area contributed by atoms with Gasteiger partial charge in [-0.2, -0.15) is 0 Å². The summed E-state index contributed by atoms with van der Waals surface area (Å²) in [4.78, 5) is 15.1. The van der Waals surface area contributed by atoms with Crippen LogP contribution in [0.25, 0.3) is 67.2 Å². The fourth-order valence-electron chi connectivity index (χ4n) is 8.20. The van der Waals surface area contributed by atoms with Gasteiger partial charge in [-0.3, -0.25) is 0 Å². The zero-order chi connectivity index (χ0) is 33.5. The van der Waals surface area contributed by atoms with Crippen molar-refractivity contribution in [1.29, 1.82) is 0 Å². The van der Waals surface area contributed by atoms with Crippen LogP contribution in [0.3, 0.4) is 0 Å². The number of ether oxygens (including phenoxy) is 1. The van der Waals surface area contributed by atoms with Gasteiger partial charge >= 0.3 is 0 Å². The van der Waals surface area contributed by atoms with Gasteiger partial charge in [-0.15, -0.1) is 0 Å². The van der Waals surface area contributed by atoms with Gasteiger partial charge in [-0.05, 0) is 58.7 Å². The first-order valence-electron chi connectivity index (χ1n) is 17.1. The number of fused-ring (bicyclic) bond motifs is 12. The Balaban J connectivity index is 1.22. The van der Waals surface area contributed by atoms with Crippen LogP contribution in [0.2, 0.25) is 0 Å². The third-order valence-corrected chi connectivity index (χ3v) is 10.4. The van der Waals surface area contributed by atoms with Gasteiger partial charge in [-0.1, -0.05) is 127 Å². The average Bonchev–Trinajstić information content (AvgIpc) is 3.70. The lowest BCUT2D eigenvalue weighted by Crippen LogP contribution is -2.32. The Hall–Kier alpha value is -6.85. The molecule has 7 aromatic carbocycles. The van der Waals surface area contributed by atoms with E-state index in [4.69, 9.17) is 24.1 Å². The summed E-state index contributed by atoms with van der Waals surface area (Å²) in [5.41, 5.74) is 10.7. The standard InChI is InChI=1S/C46H27N3O2/c1-3-13-28(14-4-1)43-47-44(29-15-5-2-6-16-29)49-45(48-43)30-23-24-35-32(25-30)33-26-34-31-17-7-10-20-39(31)50-42(34)27-38(33)46(35)36-18-8-11-21-40(36)51-41-22-12-9-19-37(41)46/h1-27H. The molecular weight excluding hydrogens is 627 g/mol. The van der Waals surface area contributed by atoms with Gasteiger partial charge in [0.1, 0.15) is 22.7 Å². The van der Waals surface area contributed by atoms with E-state index < -0.39 is 5.41 Å². The molecule has 5 nitrogen and oxygen atoms in total. The van der Waals surface area contributed by atoms with E-state index in [0.29, 0.717) is 17.5 Å². The lowest BCUT2D eigenvalue weighted by atomic mass is 9.66. The Morgan fingerprint density at radius 2 is 0.922 bits per heavy atom. The molecule has 11 rings (SSSR count). The first-order chi connectivity index (χ1) is 25.3. The van der Waals surface area contributed by atoms with Crippen molar-refractivity contribution in [1.82, 2.24) is 15.0 Å². The molecule has 0 radical (unpaired) electrons. The van der Waals surface area contributed by atoms with Crippen LogP contribution in [0.5, 0.6) is 11.5 Å². The number of rotatable bonds is 3. The van der Waals surface area contributed by atoms with E-state index in [0.717, 1.165) is 77.9 Å². The summed E-state index contributed by atoms with van der Waals surface area (Å²) in [7, 11) is 0. The quantitative estimate of drug-likeness (QED) is 0.190. The average molecular weight is 654 g/mol. The van der Waals surface area contributed by atoms with Crippen molar-refractivity contribution in [3.63, 3.8) is 0 Å². The van der Waals surface area contributed by atoms with E-state index in [1.54, 1.807) is 0 Å². The normalized spacial score (nSPS) is 13.4. The van der Waals surface area contributed by atoms with E-state index in [9.17, 15) is 0 Å². The SMILES string of the molecule is c1ccc(-c2nc(-c3ccccc3)nc(-c3ccc4c(c3)-c3cc5c(cc3C43c4ccccc4Oc4ccccc43)oc3ccccc35)n2)cc1. The molecule has 0 saturated carbocycles. The van der Waals surface area contributed by atoms with Crippen LogP contribution < -0.4 is 4.74 Å². The van der Waals surface area contributed by atoms with Crippen LogP contribution in [-0.4, -0.2) is 15.0 Å². The van der Waals surface area contributed by atoms with Gasteiger partial charge < -0.3 is 9.15 Å². The molecule has 51 heavy (non-hydrogen) atoms. The summed E-state index contributed by atoms with van der Waals surface area (Å²) in [6.07, 6.45) is 0. The number of nitrogens with zero attached hydrogens (tertiary/aromatic N) is 3. The monoisotopic (exact) mass is 653 g/mol. The molecule has 0 N–H and O–H groups in total. The first-order valence-corrected chi connectivity index (χ1v) is 17.1. The van der Waals surface area contributed by atoms with Crippen LogP contribution in [0.15, 0.2) is 168 Å². The third-order valence-electron chi connectivity index (χ3n) is 10.4. The van der Waals surface area contributed by atoms with Crippen molar-refractivity contribution in [2.24, 2.45) is 0 Å². The predicted octanol–water partition coefficient (Wildman–Crippen LogP) is 11.2. The third kappa shape index (κ3) is 4.00. The molecule has 2 aliphatic rings. The lowest BCUT2D eigenvalue weighted by molar-refractivity contribution is 0.436. The molecule has 9 aromatic rings. The van der Waals surface area contributed by atoms with Crippen LogP contribution in [0.4, 0.5) is 0 Å². The van der Waals surface area contributed by atoms with Gasteiger partial charge in [0.25, 0.3) is 0 Å². The number of benzene rings is 7. The molecule has 0 amide bonds. The van der Waals surface area contributed by atoms with E-state index in [1.807, 2.05) is 84.9 Å². The zero-order valence-corrected chi connectivity index (χ0v) is 27.2. The predicted molar refractivity (Wildman–Crippen MR) is 201 cm³/mol. The van der Waals surface area contributed by atoms with E-state index in [-0.39, 0.29) is 0 Å². The van der Waals surface area contributed by atoms with Crippen LogP contribution in [0.1, 0.15) is 22.3 Å². The van der Waals surface area contributed by atoms with Crippen LogP contribution in [0, 0.1) is 0 Å². The Morgan fingerprint density at radius 1 is 0.373 bits per heavy atom. The van der Waals surface area contributed by atoms with E-state index >= 15 is 0 Å². The van der Waals surface area contributed by atoms with Crippen molar-refractivity contribution in [2.45, 2.75) is 5.41 Å². The molecule has 1 aliphatic heterocycles. The van der Waals surface area contributed by atoms with Gasteiger partial charge in [0.15, 0.2) is 17.5 Å².